The van der Waals surface area contributed by atoms with Crippen molar-refractivity contribution in [2.45, 2.75) is 11.7 Å². The van der Waals surface area contributed by atoms with Crippen LogP contribution in [0.2, 0.25) is 0 Å². The molecule has 0 aliphatic carbocycles. The average molecular weight is 477 g/mol. The number of amides is 3. The molecule has 0 spiro atoms. The van der Waals surface area contributed by atoms with Gasteiger partial charge in [0.2, 0.25) is 5.91 Å². The lowest BCUT2D eigenvalue weighted by molar-refractivity contribution is -0.124. The Balaban J connectivity index is 1.53. The average Bonchev–Trinajstić information content (AvgIpc) is 3.47. The highest BCUT2D eigenvalue weighted by molar-refractivity contribution is 7.99. The molecule has 4 aromatic rings. The van der Waals surface area contributed by atoms with E-state index in [2.05, 4.69) is 5.32 Å². The van der Waals surface area contributed by atoms with Crippen molar-refractivity contribution >= 4 is 45.3 Å². The quantitative estimate of drug-likeness (QED) is 0.338. The van der Waals surface area contributed by atoms with Crippen molar-refractivity contribution < 1.29 is 9.59 Å². The summed E-state index contributed by atoms with van der Waals surface area (Å²) >= 11 is 2.60. The van der Waals surface area contributed by atoms with Gasteiger partial charge in [-0.15, -0.1) is 11.3 Å². The maximum absolute atomic E-state index is 13.5. The molecule has 0 unspecified atom stereocenters. The molecule has 1 saturated heterocycles. The number of thiophene rings is 1. The Bertz CT molecular complexity index is 1380. The number of aromatic nitrogens is 2. The summed E-state index contributed by atoms with van der Waals surface area (Å²) in [5, 5.41) is 3.09. The number of thioether (sulfide) groups is 1. The standard InChI is InChI=1S/C24H20N4O3S2/c29-20(27-12-11-25-23(27)31)15-32-24-26-18-13-19(17-9-5-2-6-10-17)33-21(18)22(30)28(24)14-16-7-3-1-4-8-16/h1-10,13H,11-12,14-15H2,(H,25,31). The predicted octanol–water partition coefficient (Wildman–Crippen LogP) is 3.82. The van der Waals surface area contributed by atoms with E-state index in [1.54, 1.807) is 4.57 Å². The van der Waals surface area contributed by atoms with E-state index in [1.807, 2.05) is 66.7 Å². The van der Waals surface area contributed by atoms with E-state index < -0.39 is 0 Å². The first-order valence-electron chi connectivity index (χ1n) is 10.4. The maximum Gasteiger partial charge on any atom is 0.324 e. The van der Waals surface area contributed by atoms with Crippen molar-refractivity contribution in [3.8, 4) is 10.4 Å². The van der Waals surface area contributed by atoms with Crippen LogP contribution in [0.15, 0.2) is 76.7 Å². The monoisotopic (exact) mass is 476 g/mol. The van der Waals surface area contributed by atoms with Crippen molar-refractivity contribution in [3.05, 3.63) is 82.6 Å². The Morgan fingerprint density at radius 2 is 1.79 bits per heavy atom. The van der Waals surface area contributed by atoms with Crippen molar-refractivity contribution in [2.75, 3.05) is 18.8 Å². The largest absolute Gasteiger partial charge is 0.336 e. The van der Waals surface area contributed by atoms with E-state index in [-0.39, 0.29) is 23.3 Å². The molecule has 0 bridgehead atoms. The predicted molar refractivity (Wildman–Crippen MR) is 131 cm³/mol. The molecular formula is C24H20N4O3S2. The first-order valence-corrected chi connectivity index (χ1v) is 12.2. The molecule has 7 nitrogen and oxygen atoms in total. The van der Waals surface area contributed by atoms with Gasteiger partial charge in [0.25, 0.3) is 5.56 Å². The van der Waals surface area contributed by atoms with Gasteiger partial charge in [0.1, 0.15) is 4.70 Å². The molecule has 1 N–H and O–H groups in total. The maximum atomic E-state index is 13.5. The van der Waals surface area contributed by atoms with Crippen LogP contribution in [0.3, 0.4) is 0 Å². The number of hydrogen-bond donors (Lipinski definition) is 1. The van der Waals surface area contributed by atoms with Crippen molar-refractivity contribution in [2.24, 2.45) is 0 Å². The molecule has 1 aliphatic heterocycles. The molecule has 0 saturated carbocycles. The number of rotatable bonds is 6. The van der Waals surface area contributed by atoms with Gasteiger partial charge in [0.15, 0.2) is 5.16 Å². The van der Waals surface area contributed by atoms with Crippen LogP contribution in [0.5, 0.6) is 0 Å². The molecule has 9 heteroatoms. The van der Waals surface area contributed by atoms with Gasteiger partial charge < -0.3 is 5.32 Å². The second kappa shape index (κ2) is 9.21. The van der Waals surface area contributed by atoms with Crippen LogP contribution in [0.4, 0.5) is 4.79 Å². The van der Waals surface area contributed by atoms with E-state index in [0.29, 0.717) is 35.0 Å². The first-order chi connectivity index (χ1) is 16.1. The summed E-state index contributed by atoms with van der Waals surface area (Å²) in [5.74, 6) is -0.276. The molecule has 1 aliphatic rings. The van der Waals surface area contributed by atoms with Crippen LogP contribution in [-0.2, 0) is 11.3 Å². The highest BCUT2D eigenvalue weighted by Gasteiger charge is 2.26. The van der Waals surface area contributed by atoms with Gasteiger partial charge >= 0.3 is 6.03 Å². The van der Waals surface area contributed by atoms with Crippen molar-refractivity contribution in [1.82, 2.24) is 19.8 Å². The lowest BCUT2D eigenvalue weighted by Gasteiger charge is -2.14. The Hall–Kier alpha value is -3.43. The fraction of sp³-hybridized carbons (Fsp3) is 0.167. The van der Waals surface area contributed by atoms with Crippen LogP contribution < -0.4 is 10.9 Å². The van der Waals surface area contributed by atoms with Crippen LogP contribution in [0.1, 0.15) is 5.56 Å². The van der Waals surface area contributed by atoms with Crippen LogP contribution >= 0.6 is 23.1 Å². The normalized spacial score (nSPS) is 13.5. The van der Waals surface area contributed by atoms with E-state index in [4.69, 9.17) is 4.98 Å². The van der Waals surface area contributed by atoms with Gasteiger partial charge in [0, 0.05) is 18.0 Å². The summed E-state index contributed by atoms with van der Waals surface area (Å²) in [5.41, 5.74) is 2.47. The molecule has 166 valence electrons. The zero-order chi connectivity index (χ0) is 22.8. The topological polar surface area (TPSA) is 84.3 Å². The van der Waals surface area contributed by atoms with Gasteiger partial charge in [-0.25, -0.2) is 9.78 Å². The molecule has 0 atom stereocenters. The molecule has 1 fully saturated rings. The summed E-state index contributed by atoms with van der Waals surface area (Å²) in [7, 11) is 0. The van der Waals surface area contributed by atoms with Crippen molar-refractivity contribution in [3.63, 3.8) is 0 Å². The summed E-state index contributed by atoms with van der Waals surface area (Å²) < 4.78 is 2.20. The van der Waals surface area contributed by atoms with Gasteiger partial charge in [-0.05, 0) is 17.2 Å². The smallest absolute Gasteiger partial charge is 0.324 e. The van der Waals surface area contributed by atoms with Gasteiger partial charge in [-0.3, -0.25) is 19.1 Å². The third-order valence-corrected chi connectivity index (χ3v) is 7.45. The third kappa shape index (κ3) is 4.42. The lowest BCUT2D eigenvalue weighted by atomic mass is 10.2. The van der Waals surface area contributed by atoms with Gasteiger partial charge in [-0.1, -0.05) is 72.4 Å². The summed E-state index contributed by atoms with van der Waals surface area (Å²) in [6, 6.07) is 21.1. The van der Waals surface area contributed by atoms with Crippen LogP contribution in [0.25, 0.3) is 20.7 Å². The molecule has 3 heterocycles. The number of urea groups is 1. The fourth-order valence-electron chi connectivity index (χ4n) is 3.66. The van der Waals surface area contributed by atoms with E-state index in [1.165, 1.54) is 28.0 Å². The number of carbonyl (C=O) groups is 2. The third-order valence-electron chi connectivity index (χ3n) is 5.32. The van der Waals surface area contributed by atoms with E-state index in [9.17, 15) is 14.4 Å². The van der Waals surface area contributed by atoms with Crippen LogP contribution in [-0.4, -0.2) is 45.2 Å². The Morgan fingerprint density at radius 3 is 2.48 bits per heavy atom. The number of imide groups is 1. The Morgan fingerprint density at radius 1 is 1.06 bits per heavy atom. The van der Waals surface area contributed by atoms with Gasteiger partial charge in [-0.2, -0.15) is 0 Å². The zero-order valence-corrected chi connectivity index (χ0v) is 19.2. The number of fused-ring (bicyclic) bond motifs is 1. The molecular weight excluding hydrogens is 456 g/mol. The molecule has 3 amide bonds. The summed E-state index contributed by atoms with van der Waals surface area (Å²) in [4.78, 5) is 44.8. The Kier molecular flexibility index (Phi) is 5.97. The van der Waals surface area contributed by atoms with E-state index >= 15 is 0 Å². The number of benzene rings is 2. The summed E-state index contributed by atoms with van der Waals surface area (Å²) in [6.45, 7) is 1.16. The number of nitrogens with zero attached hydrogens (tertiary/aromatic N) is 3. The van der Waals surface area contributed by atoms with E-state index in [0.717, 1.165) is 16.0 Å². The number of carbonyl (C=O) groups excluding carboxylic acids is 2. The molecule has 5 rings (SSSR count). The summed E-state index contributed by atoms with van der Waals surface area (Å²) in [6.07, 6.45) is 0. The SMILES string of the molecule is O=C(CSc1nc2cc(-c3ccccc3)sc2c(=O)n1Cc1ccccc1)N1CCNC1=O. The minimum atomic E-state index is -0.379. The molecule has 2 aromatic heterocycles. The zero-order valence-electron chi connectivity index (χ0n) is 17.6. The van der Waals surface area contributed by atoms with Crippen molar-refractivity contribution in [1.29, 1.82) is 0 Å². The minimum absolute atomic E-state index is 0.0236. The Labute approximate surface area is 198 Å². The highest BCUT2D eigenvalue weighted by atomic mass is 32.2. The highest BCUT2D eigenvalue weighted by Crippen LogP contribution is 2.32. The first kappa shape index (κ1) is 21.4. The lowest BCUT2D eigenvalue weighted by Crippen LogP contribution is -2.35. The second-order valence-corrected chi connectivity index (χ2v) is 9.52. The number of nitrogens with one attached hydrogen (secondary N) is 1. The second-order valence-electron chi connectivity index (χ2n) is 7.53. The van der Waals surface area contributed by atoms with Crippen LogP contribution in [0, 0.1) is 0 Å². The fourth-order valence-corrected chi connectivity index (χ4v) is 5.59. The molecule has 33 heavy (non-hydrogen) atoms. The van der Waals surface area contributed by atoms with Gasteiger partial charge in [0.05, 0.1) is 17.8 Å². The minimum Gasteiger partial charge on any atom is -0.336 e. The molecule has 2 aromatic carbocycles. The number of hydrogen-bond acceptors (Lipinski definition) is 6. The molecule has 0 radical (unpaired) electrons.